The summed E-state index contributed by atoms with van der Waals surface area (Å²) in [5.74, 6) is 0.647. The molecule has 0 heterocycles. The lowest BCUT2D eigenvalue weighted by atomic mass is 10.2. The molecule has 146 valence electrons. The van der Waals surface area contributed by atoms with Crippen molar-refractivity contribution in [2.45, 2.75) is 19.9 Å². The van der Waals surface area contributed by atoms with E-state index >= 15 is 0 Å². The molecule has 1 amide bonds. The summed E-state index contributed by atoms with van der Waals surface area (Å²) < 4.78 is 36.4. The standard InChI is InChI=1S/C19H24N2O5S/c1-5-26-18-9-7-6-8-17(18)20-19(22)14(2)21(27(4,23)24)15-10-12-16(25-3)13-11-15/h6-14H,5H2,1-4H3,(H,20,22). The second-order valence-corrected chi connectivity index (χ2v) is 7.71. The number of carbonyl (C=O) groups is 1. The average molecular weight is 392 g/mol. The number of hydrogen-bond acceptors (Lipinski definition) is 5. The number of carbonyl (C=O) groups excluding carboxylic acids is 1. The van der Waals surface area contributed by atoms with E-state index in [9.17, 15) is 13.2 Å². The highest BCUT2D eigenvalue weighted by Crippen LogP contribution is 2.27. The second-order valence-electron chi connectivity index (χ2n) is 5.85. The molecule has 7 nitrogen and oxygen atoms in total. The molecule has 0 saturated heterocycles. The SMILES string of the molecule is CCOc1ccccc1NC(=O)C(C)N(c1ccc(OC)cc1)S(C)(=O)=O. The molecule has 0 aliphatic rings. The van der Waals surface area contributed by atoms with Gasteiger partial charge in [0, 0.05) is 0 Å². The van der Waals surface area contributed by atoms with Crippen LogP contribution in [0.3, 0.4) is 0 Å². The van der Waals surface area contributed by atoms with Gasteiger partial charge in [0.15, 0.2) is 0 Å². The Balaban J connectivity index is 2.30. The lowest BCUT2D eigenvalue weighted by Gasteiger charge is -2.28. The molecule has 0 bridgehead atoms. The van der Waals surface area contributed by atoms with E-state index in [1.54, 1.807) is 48.5 Å². The van der Waals surface area contributed by atoms with Crippen LogP contribution in [0.2, 0.25) is 0 Å². The first kappa shape index (κ1) is 20.6. The van der Waals surface area contributed by atoms with Crippen molar-refractivity contribution in [3.8, 4) is 11.5 Å². The summed E-state index contributed by atoms with van der Waals surface area (Å²) in [5.41, 5.74) is 0.860. The molecule has 0 aliphatic carbocycles. The normalized spacial score (nSPS) is 12.1. The lowest BCUT2D eigenvalue weighted by molar-refractivity contribution is -0.116. The van der Waals surface area contributed by atoms with E-state index in [1.807, 2.05) is 6.92 Å². The Kier molecular flexibility index (Phi) is 6.68. The van der Waals surface area contributed by atoms with Crippen LogP contribution >= 0.6 is 0 Å². The summed E-state index contributed by atoms with van der Waals surface area (Å²) in [7, 11) is -2.17. The van der Waals surface area contributed by atoms with E-state index in [0.29, 0.717) is 29.5 Å². The van der Waals surface area contributed by atoms with Crippen molar-refractivity contribution in [2.24, 2.45) is 0 Å². The van der Waals surface area contributed by atoms with Crippen molar-refractivity contribution in [1.82, 2.24) is 0 Å². The van der Waals surface area contributed by atoms with E-state index < -0.39 is 22.0 Å². The van der Waals surface area contributed by atoms with Crippen molar-refractivity contribution >= 4 is 27.3 Å². The number of para-hydroxylation sites is 2. The van der Waals surface area contributed by atoms with E-state index in [0.717, 1.165) is 10.6 Å². The van der Waals surface area contributed by atoms with Crippen LogP contribution in [0.25, 0.3) is 0 Å². The number of nitrogens with one attached hydrogen (secondary N) is 1. The second kappa shape index (κ2) is 8.77. The number of sulfonamides is 1. The third-order valence-electron chi connectivity index (χ3n) is 3.86. The monoisotopic (exact) mass is 392 g/mol. The molecule has 2 aromatic carbocycles. The molecule has 0 aliphatic heterocycles. The molecule has 27 heavy (non-hydrogen) atoms. The van der Waals surface area contributed by atoms with Crippen molar-refractivity contribution in [1.29, 1.82) is 0 Å². The average Bonchev–Trinajstić information content (AvgIpc) is 2.63. The van der Waals surface area contributed by atoms with Gasteiger partial charge in [-0.2, -0.15) is 0 Å². The molecule has 1 N–H and O–H groups in total. The fourth-order valence-corrected chi connectivity index (χ4v) is 3.80. The summed E-state index contributed by atoms with van der Waals surface area (Å²) >= 11 is 0. The zero-order valence-corrected chi connectivity index (χ0v) is 16.6. The molecular formula is C19H24N2O5S. The van der Waals surface area contributed by atoms with Gasteiger partial charge in [0.25, 0.3) is 0 Å². The van der Waals surface area contributed by atoms with Crippen LogP contribution in [0.15, 0.2) is 48.5 Å². The maximum absolute atomic E-state index is 12.8. The van der Waals surface area contributed by atoms with Gasteiger partial charge in [-0.15, -0.1) is 0 Å². The first-order valence-corrected chi connectivity index (χ1v) is 10.3. The van der Waals surface area contributed by atoms with Gasteiger partial charge in [0.1, 0.15) is 17.5 Å². The first-order chi connectivity index (χ1) is 12.8. The molecule has 0 saturated carbocycles. The van der Waals surface area contributed by atoms with Crippen molar-refractivity contribution in [2.75, 3.05) is 29.6 Å². The Bertz CT molecular complexity index is 881. The Hall–Kier alpha value is -2.74. The minimum atomic E-state index is -3.69. The van der Waals surface area contributed by atoms with Gasteiger partial charge in [-0.3, -0.25) is 9.10 Å². The topological polar surface area (TPSA) is 84.9 Å². The van der Waals surface area contributed by atoms with Crippen molar-refractivity contribution < 1.29 is 22.7 Å². The van der Waals surface area contributed by atoms with Crippen LogP contribution in [-0.2, 0) is 14.8 Å². The maximum Gasteiger partial charge on any atom is 0.248 e. The highest BCUT2D eigenvalue weighted by Gasteiger charge is 2.29. The Morgan fingerprint density at radius 3 is 2.33 bits per heavy atom. The number of hydrogen-bond donors (Lipinski definition) is 1. The summed E-state index contributed by atoms with van der Waals surface area (Å²) in [5, 5.41) is 2.75. The fourth-order valence-electron chi connectivity index (χ4n) is 2.63. The number of nitrogens with zero attached hydrogens (tertiary/aromatic N) is 1. The minimum absolute atomic E-state index is 0.374. The fraction of sp³-hybridized carbons (Fsp3) is 0.316. The maximum atomic E-state index is 12.8. The van der Waals surface area contributed by atoms with Gasteiger partial charge in [-0.25, -0.2) is 8.42 Å². The summed E-state index contributed by atoms with van der Waals surface area (Å²) in [4.78, 5) is 12.8. The molecule has 2 aromatic rings. The molecule has 8 heteroatoms. The molecule has 0 spiro atoms. The zero-order valence-electron chi connectivity index (χ0n) is 15.8. The number of amides is 1. The predicted molar refractivity (Wildman–Crippen MR) is 106 cm³/mol. The van der Waals surface area contributed by atoms with Gasteiger partial charge >= 0.3 is 0 Å². The molecule has 1 atom stereocenters. The summed E-state index contributed by atoms with van der Waals surface area (Å²) in [6.07, 6.45) is 1.06. The number of rotatable bonds is 8. The number of ether oxygens (including phenoxy) is 2. The third-order valence-corrected chi connectivity index (χ3v) is 5.10. The lowest BCUT2D eigenvalue weighted by Crippen LogP contribution is -2.45. The van der Waals surface area contributed by atoms with Crippen LogP contribution in [0, 0.1) is 0 Å². The zero-order chi connectivity index (χ0) is 20.0. The number of methoxy groups -OCH3 is 1. The van der Waals surface area contributed by atoms with Crippen molar-refractivity contribution in [3.63, 3.8) is 0 Å². The van der Waals surface area contributed by atoms with Gasteiger partial charge in [-0.05, 0) is 50.2 Å². The molecule has 1 unspecified atom stereocenters. The summed E-state index contributed by atoms with van der Waals surface area (Å²) in [6.45, 7) is 3.82. The number of anilines is 2. The Morgan fingerprint density at radius 1 is 1.15 bits per heavy atom. The van der Waals surface area contributed by atoms with E-state index in [1.165, 1.54) is 14.0 Å². The predicted octanol–water partition coefficient (Wildman–Crippen LogP) is 2.89. The molecule has 0 aromatic heterocycles. The van der Waals surface area contributed by atoms with E-state index in [4.69, 9.17) is 9.47 Å². The highest BCUT2D eigenvalue weighted by molar-refractivity contribution is 7.92. The van der Waals surface area contributed by atoms with Gasteiger partial charge in [0.05, 0.1) is 31.3 Å². The third kappa shape index (κ3) is 5.13. The smallest absolute Gasteiger partial charge is 0.248 e. The number of benzene rings is 2. The van der Waals surface area contributed by atoms with E-state index in [-0.39, 0.29) is 0 Å². The molecule has 2 rings (SSSR count). The minimum Gasteiger partial charge on any atom is -0.497 e. The Labute approximate surface area is 160 Å². The molecule has 0 fully saturated rings. The van der Waals surface area contributed by atoms with Gasteiger partial charge in [-0.1, -0.05) is 12.1 Å². The molecule has 0 radical (unpaired) electrons. The van der Waals surface area contributed by atoms with E-state index in [2.05, 4.69) is 5.32 Å². The van der Waals surface area contributed by atoms with Crippen LogP contribution in [0.5, 0.6) is 11.5 Å². The highest BCUT2D eigenvalue weighted by atomic mass is 32.2. The van der Waals surface area contributed by atoms with Crippen molar-refractivity contribution in [3.05, 3.63) is 48.5 Å². The quantitative estimate of drug-likeness (QED) is 0.747. The van der Waals surface area contributed by atoms with Gasteiger partial charge in [0.2, 0.25) is 15.9 Å². The van der Waals surface area contributed by atoms with Crippen LogP contribution < -0.4 is 19.1 Å². The molecular weight excluding hydrogens is 368 g/mol. The van der Waals surface area contributed by atoms with Crippen LogP contribution in [0.1, 0.15) is 13.8 Å². The van der Waals surface area contributed by atoms with Crippen LogP contribution in [-0.4, -0.2) is 40.3 Å². The first-order valence-electron chi connectivity index (χ1n) is 8.44. The van der Waals surface area contributed by atoms with Gasteiger partial charge < -0.3 is 14.8 Å². The van der Waals surface area contributed by atoms with Crippen LogP contribution in [0.4, 0.5) is 11.4 Å². The largest absolute Gasteiger partial charge is 0.497 e. The summed E-state index contributed by atoms with van der Waals surface area (Å²) in [6, 6.07) is 12.5. The Morgan fingerprint density at radius 2 is 1.78 bits per heavy atom.